The van der Waals surface area contributed by atoms with Crippen molar-refractivity contribution in [1.82, 2.24) is 4.90 Å². The minimum Gasteiger partial charge on any atom is -0.463 e. The molecule has 0 atom stereocenters. The largest absolute Gasteiger partial charge is 0.463 e. The Morgan fingerprint density at radius 1 is 1.06 bits per heavy atom. The molecule has 11 heteroatoms. The molecule has 1 saturated heterocycles. The highest BCUT2D eigenvalue weighted by Gasteiger charge is 2.36. The number of nitrogens with one attached hydrogen (secondary N) is 1. The van der Waals surface area contributed by atoms with Crippen LogP contribution in [0.3, 0.4) is 0 Å². The van der Waals surface area contributed by atoms with Crippen LogP contribution < -0.4 is 10.7 Å². The van der Waals surface area contributed by atoms with Gasteiger partial charge in [0.1, 0.15) is 18.4 Å². The summed E-state index contributed by atoms with van der Waals surface area (Å²) in [5, 5.41) is 1.47. The molecule has 0 unspecified atom stereocenters. The SMILES string of the molecule is O=C(CN1C(=O)S/C(=C\c2coc3ccccc3c2=O)C1=O)Nc1ccc(F)c(F)c1F. The van der Waals surface area contributed by atoms with E-state index >= 15 is 0 Å². The highest BCUT2D eigenvalue weighted by molar-refractivity contribution is 8.18. The van der Waals surface area contributed by atoms with Gasteiger partial charge in [-0.3, -0.25) is 24.1 Å². The monoisotopic (exact) mass is 460 g/mol. The van der Waals surface area contributed by atoms with Gasteiger partial charge >= 0.3 is 0 Å². The number of fused-ring (bicyclic) bond motifs is 1. The molecule has 1 aliphatic heterocycles. The molecule has 1 fully saturated rings. The molecular formula is C21H11F3N2O5S. The van der Waals surface area contributed by atoms with Crippen LogP contribution in [0.1, 0.15) is 5.56 Å². The topological polar surface area (TPSA) is 96.7 Å². The Bertz CT molecular complexity index is 1390. The van der Waals surface area contributed by atoms with Crippen molar-refractivity contribution in [3.63, 3.8) is 0 Å². The maximum Gasteiger partial charge on any atom is 0.294 e. The molecule has 0 aliphatic carbocycles. The van der Waals surface area contributed by atoms with E-state index in [1.807, 2.05) is 5.32 Å². The highest BCUT2D eigenvalue weighted by Crippen LogP contribution is 2.32. The molecule has 2 heterocycles. The van der Waals surface area contributed by atoms with Crippen LogP contribution in [-0.4, -0.2) is 28.5 Å². The van der Waals surface area contributed by atoms with E-state index in [4.69, 9.17) is 4.42 Å². The van der Waals surface area contributed by atoms with Crippen molar-refractivity contribution in [1.29, 1.82) is 0 Å². The molecule has 4 rings (SSSR count). The Morgan fingerprint density at radius 2 is 1.81 bits per heavy atom. The third-order valence-electron chi connectivity index (χ3n) is 4.48. The van der Waals surface area contributed by atoms with E-state index in [2.05, 4.69) is 0 Å². The number of hydrogen-bond donors (Lipinski definition) is 1. The molecule has 0 spiro atoms. The fourth-order valence-corrected chi connectivity index (χ4v) is 3.76. The van der Waals surface area contributed by atoms with Gasteiger partial charge in [-0.15, -0.1) is 0 Å². The van der Waals surface area contributed by atoms with Gasteiger partial charge in [0.15, 0.2) is 22.9 Å². The quantitative estimate of drug-likeness (QED) is 0.469. The molecule has 3 aromatic rings. The number of benzene rings is 2. The van der Waals surface area contributed by atoms with Crippen molar-refractivity contribution in [2.24, 2.45) is 0 Å². The second-order valence-corrected chi connectivity index (χ2v) is 7.55. The number of thioether (sulfide) groups is 1. The molecule has 1 N–H and O–H groups in total. The van der Waals surface area contributed by atoms with Crippen LogP contribution in [0.2, 0.25) is 0 Å². The number of hydrogen-bond acceptors (Lipinski definition) is 6. The maximum atomic E-state index is 13.7. The molecule has 32 heavy (non-hydrogen) atoms. The first kappa shape index (κ1) is 21.4. The van der Waals surface area contributed by atoms with Crippen molar-refractivity contribution < 1.29 is 32.0 Å². The molecule has 2 aromatic carbocycles. The molecular weight excluding hydrogens is 449 g/mol. The Morgan fingerprint density at radius 3 is 2.59 bits per heavy atom. The van der Waals surface area contributed by atoms with E-state index in [1.54, 1.807) is 24.3 Å². The predicted molar refractivity (Wildman–Crippen MR) is 110 cm³/mol. The maximum absolute atomic E-state index is 13.7. The summed E-state index contributed by atoms with van der Waals surface area (Å²) in [5.41, 5.74) is -0.679. The van der Waals surface area contributed by atoms with E-state index in [9.17, 15) is 32.3 Å². The molecule has 0 bridgehead atoms. The number of rotatable bonds is 4. The summed E-state index contributed by atoms with van der Waals surface area (Å²) in [7, 11) is 0. The van der Waals surface area contributed by atoms with E-state index in [-0.39, 0.29) is 15.9 Å². The minimum atomic E-state index is -1.77. The summed E-state index contributed by atoms with van der Waals surface area (Å²) in [6.45, 7) is -0.799. The zero-order chi connectivity index (χ0) is 23.0. The number of carbonyl (C=O) groups is 3. The predicted octanol–water partition coefficient (Wildman–Crippen LogP) is 3.89. The van der Waals surface area contributed by atoms with Crippen molar-refractivity contribution in [3.8, 4) is 0 Å². The van der Waals surface area contributed by atoms with Crippen LogP contribution in [0.5, 0.6) is 0 Å². The molecule has 1 aliphatic rings. The van der Waals surface area contributed by atoms with Crippen molar-refractivity contribution in [3.05, 3.63) is 80.8 Å². The van der Waals surface area contributed by atoms with E-state index in [0.717, 1.165) is 12.3 Å². The summed E-state index contributed by atoms with van der Waals surface area (Å²) in [5.74, 6) is -6.69. The van der Waals surface area contributed by atoms with E-state index in [0.29, 0.717) is 28.3 Å². The second-order valence-electron chi connectivity index (χ2n) is 6.56. The van der Waals surface area contributed by atoms with Gasteiger partial charge in [0.05, 0.1) is 21.5 Å². The fraction of sp³-hybridized carbons (Fsp3) is 0.0476. The highest BCUT2D eigenvalue weighted by atomic mass is 32.2. The minimum absolute atomic E-state index is 0.0301. The average molecular weight is 460 g/mol. The van der Waals surface area contributed by atoms with Crippen molar-refractivity contribution in [2.75, 3.05) is 11.9 Å². The summed E-state index contributed by atoms with van der Waals surface area (Å²) in [4.78, 5) is 49.9. The van der Waals surface area contributed by atoms with Crippen molar-refractivity contribution in [2.45, 2.75) is 0 Å². The Balaban J connectivity index is 1.53. The summed E-state index contributed by atoms with van der Waals surface area (Å²) in [6, 6.07) is 7.90. The number of carbonyl (C=O) groups excluding carboxylic acids is 3. The second kappa shape index (κ2) is 8.35. The lowest BCUT2D eigenvalue weighted by molar-refractivity contribution is -0.127. The number of anilines is 1. The van der Waals surface area contributed by atoms with Crippen molar-refractivity contribution >= 4 is 51.5 Å². The van der Waals surface area contributed by atoms with E-state index < -0.39 is 52.2 Å². The normalized spacial score (nSPS) is 15.1. The fourth-order valence-electron chi connectivity index (χ4n) is 2.93. The van der Waals surface area contributed by atoms with Gasteiger partial charge in [-0.1, -0.05) is 12.1 Å². The van der Waals surface area contributed by atoms with Crippen LogP contribution in [-0.2, 0) is 9.59 Å². The van der Waals surface area contributed by atoms with Gasteiger partial charge in [-0.25, -0.2) is 13.2 Å². The zero-order valence-corrected chi connectivity index (χ0v) is 16.7. The number of halogens is 3. The Labute approximate surface area is 181 Å². The molecule has 0 saturated carbocycles. The lowest BCUT2D eigenvalue weighted by Crippen LogP contribution is -2.36. The van der Waals surface area contributed by atoms with Gasteiger partial charge in [-0.05, 0) is 42.1 Å². The summed E-state index contributed by atoms with van der Waals surface area (Å²) in [6.07, 6.45) is 2.33. The van der Waals surface area contributed by atoms with Gasteiger partial charge in [0.25, 0.3) is 11.1 Å². The molecule has 1 aromatic heterocycles. The Hall–Kier alpha value is -3.86. The van der Waals surface area contributed by atoms with Crippen LogP contribution in [0.25, 0.3) is 17.0 Å². The number of imide groups is 1. The molecule has 0 radical (unpaired) electrons. The van der Waals surface area contributed by atoms with Crippen LogP contribution in [0.15, 0.2) is 56.8 Å². The molecule has 162 valence electrons. The third kappa shape index (κ3) is 3.89. The number of nitrogens with zero attached hydrogens (tertiary/aromatic N) is 1. The smallest absolute Gasteiger partial charge is 0.294 e. The van der Waals surface area contributed by atoms with Crippen LogP contribution >= 0.6 is 11.8 Å². The first-order valence-corrected chi connectivity index (χ1v) is 9.77. The van der Waals surface area contributed by atoms with Gasteiger partial charge < -0.3 is 9.73 Å². The first-order chi connectivity index (χ1) is 15.3. The number of amides is 3. The summed E-state index contributed by atoms with van der Waals surface area (Å²) >= 11 is 0.501. The zero-order valence-electron chi connectivity index (χ0n) is 15.9. The Kier molecular flexibility index (Phi) is 5.57. The molecule has 7 nitrogen and oxygen atoms in total. The van der Waals surface area contributed by atoms with Gasteiger partial charge in [0, 0.05) is 0 Å². The van der Waals surface area contributed by atoms with Crippen LogP contribution in [0.4, 0.5) is 23.7 Å². The standard InChI is InChI=1S/C21H11F3N2O5S/c22-12-5-6-13(18(24)17(12)23)25-16(27)8-26-20(29)15(32-21(26)30)7-10-9-31-14-4-2-1-3-11(14)19(10)28/h1-7,9H,8H2,(H,25,27)/b15-7-. The first-order valence-electron chi connectivity index (χ1n) is 8.95. The van der Waals surface area contributed by atoms with Crippen LogP contribution in [0, 0.1) is 17.5 Å². The van der Waals surface area contributed by atoms with Gasteiger partial charge in [-0.2, -0.15) is 0 Å². The third-order valence-corrected chi connectivity index (χ3v) is 5.39. The lowest BCUT2D eigenvalue weighted by Gasteiger charge is -2.13. The van der Waals surface area contributed by atoms with Gasteiger partial charge in [0.2, 0.25) is 5.91 Å². The lowest BCUT2D eigenvalue weighted by atomic mass is 10.1. The average Bonchev–Trinajstić information content (AvgIpc) is 3.03. The van der Waals surface area contributed by atoms with E-state index in [1.165, 1.54) is 6.08 Å². The summed E-state index contributed by atoms with van der Waals surface area (Å²) < 4.78 is 45.4. The molecule has 3 amide bonds. The number of para-hydroxylation sites is 1.